The summed E-state index contributed by atoms with van der Waals surface area (Å²) in [6.45, 7) is 4.43. The molecule has 1 rings (SSSR count). The van der Waals surface area contributed by atoms with Crippen molar-refractivity contribution in [2.45, 2.75) is 26.9 Å². The molecular weight excluding hydrogens is 296 g/mol. The lowest BCUT2D eigenvalue weighted by Gasteiger charge is -2.18. The van der Waals surface area contributed by atoms with Gasteiger partial charge in [0.25, 0.3) is 0 Å². The molecule has 6 heteroatoms. The molecule has 2 unspecified atom stereocenters. The van der Waals surface area contributed by atoms with Crippen molar-refractivity contribution in [3.8, 4) is 5.75 Å². The van der Waals surface area contributed by atoms with Crippen molar-refractivity contribution >= 4 is 29.1 Å². The molecule has 0 spiro atoms. The van der Waals surface area contributed by atoms with Crippen molar-refractivity contribution in [1.29, 1.82) is 0 Å². The van der Waals surface area contributed by atoms with Crippen LogP contribution in [0.3, 0.4) is 0 Å². The molecule has 0 aromatic heterocycles. The van der Waals surface area contributed by atoms with E-state index >= 15 is 0 Å². The molecule has 0 saturated heterocycles. The minimum absolute atomic E-state index is 0.465. The van der Waals surface area contributed by atoms with E-state index in [-0.39, 0.29) is 0 Å². The largest absolute Gasteiger partial charge is 0.483 e. The highest BCUT2D eigenvalue weighted by molar-refractivity contribution is 6.30. The lowest BCUT2D eigenvalue weighted by atomic mass is 9.96. The van der Waals surface area contributed by atoms with Crippen LogP contribution in [0.1, 0.15) is 19.4 Å². The summed E-state index contributed by atoms with van der Waals surface area (Å²) in [7, 11) is 1.13. The highest BCUT2D eigenvalue weighted by Gasteiger charge is 2.36. The van der Waals surface area contributed by atoms with E-state index in [2.05, 4.69) is 4.74 Å². The molecule has 1 aromatic carbocycles. The Morgan fingerprint density at radius 2 is 1.86 bits per heavy atom. The Morgan fingerprint density at radius 1 is 1.24 bits per heavy atom. The number of Topliss-reactive ketones (excluding diaryl/α,β-unsaturated/α-hetero) is 2. The molecule has 0 aliphatic carbocycles. The van der Waals surface area contributed by atoms with Crippen LogP contribution in [0.15, 0.2) is 18.2 Å². The molecule has 0 N–H and O–H groups in total. The fraction of sp³-hybridized carbons (Fsp3) is 0.400. The van der Waals surface area contributed by atoms with Crippen LogP contribution in [0.2, 0.25) is 5.02 Å². The SMILES string of the molecule is COC(=O)C(C(C)=O)C(=O)C(C)Oc1ccc(Cl)cc1C. The summed E-state index contributed by atoms with van der Waals surface area (Å²) in [5.74, 6) is -3.08. The molecular formula is C15H17ClO5. The van der Waals surface area contributed by atoms with E-state index in [1.54, 1.807) is 25.1 Å². The predicted molar refractivity (Wildman–Crippen MR) is 77.5 cm³/mol. The molecule has 5 nitrogen and oxygen atoms in total. The molecule has 0 heterocycles. The number of ether oxygens (including phenoxy) is 2. The van der Waals surface area contributed by atoms with Crippen LogP contribution in [0.5, 0.6) is 5.75 Å². The molecule has 0 radical (unpaired) electrons. The van der Waals surface area contributed by atoms with Crippen molar-refractivity contribution < 1.29 is 23.9 Å². The first kappa shape index (κ1) is 17.2. The molecule has 0 aliphatic rings. The van der Waals surface area contributed by atoms with E-state index in [1.807, 2.05) is 0 Å². The van der Waals surface area contributed by atoms with Gasteiger partial charge in [-0.3, -0.25) is 14.4 Å². The van der Waals surface area contributed by atoms with Gasteiger partial charge in [-0.05, 0) is 44.5 Å². The average molecular weight is 313 g/mol. The van der Waals surface area contributed by atoms with Gasteiger partial charge in [-0.15, -0.1) is 0 Å². The highest BCUT2D eigenvalue weighted by Crippen LogP contribution is 2.23. The van der Waals surface area contributed by atoms with E-state index in [0.717, 1.165) is 12.7 Å². The quantitative estimate of drug-likeness (QED) is 0.596. The molecule has 0 fully saturated rings. The van der Waals surface area contributed by atoms with E-state index in [4.69, 9.17) is 16.3 Å². The second kappa shape index (κ2) is 7.22. The maximum absolute atomic E-state index is 12.2. The van der Waals surface area contributed by atoms with Gasteiger partial charge >= 0.3 is 5.97 Å². The van der Waals surface area contributed by atoms with E-state index in [0.29, 0.717) is 10.8 Å². The number of hydrogen-bond acceptors (Lipinski definition) is 5. The third-order valence-corrected chi connectivity index (χ3v) is 3.20. The maximum Gasteiger partial charge on any atom is 0.323 e. The normalized spacial score (nSPS) is 13.2. The Kier molecular flexibility index (Phi) is 5.90. The van der Waals surface area contributed by atoms with Crippen LogP contribution in [0.4, 0.5) is 0 Å². The first-order chi connectivity index (χ1) is 9.77. The number of rotatable bonds is 6. The van der Waals surface area contributed by atoms with Crippen LogP contribution in [-0.4, -0.2) is 30.7 Å². The third kappa shape index (κ3) is 4.29. The smallest absolute Gasteiger partial charge is 0.323 e. The van der Waals surface area contributed by atoms with Gasteiger partial charge in [-0.2, -0.15) is 0 Å². The van der Waals surface area contributed by atoms with E-state index in [9.17, 15) is 14.4 Å². The summed E-state index contributed by atoms with van der Waals surface area (Å²) < 4.78 is 10.0. The van der Waals surface area contributed by atoms with Crippen molar-refractivity contribution in [3.63, 3.8) is 0 Å². The summed E-state index contributed by atoms with van der Waals surface area (Å²) >= 11 is 5.84. The maximum atomic E-state index is 12.2. The highest BCUT2D eigenvalue weighted by atomic mass is 35.5. The molecule has 114 valence electrons. The lowest BCUT2D eigenvalue weighted by molar-refractivity contribution is -0.154. The van der Waals surface area contributed by atoms with Gasteiger partial charge in [0, 0.05) is 5.02 Å². The lowest BCUT2D eigenvalue weighted by Crippen LogP contribution is -2.39. The monoisotopic (exact) mass is 312 g/mol. The van der Waals surface area contributed by atoms with Gasteiger partial charge in [-0.1, -0.05) is 11.6 Å². The average Bonchev–Trinajstić information content (AvgIpc) is 2.41. The molecule has 0 aliphatic heterocycles. The topological polar surface area (TPSA) is 69.7 Å². The first-order valence-electron chi connectivity index (χ1n) is 6.32. The van der Waals surface area contributed by atoms with Crippen LogP contribution in [0, 0.1) is 12.8 Å². The summed E-state index contributed by atoms with van der Waals surface area (Å²) in [6.07, 6.45) is -0.960. The second-order valence-corrected chi connectivity index (χ2v) is 5.08. The zero-order valence-electron chi connectivity index (χ0n) is 12.3. The van der Waals surface area contributed by atoms with E-state index < -0.39 is 29.6 Å². The van der Waals surface area contributed by atoms with Gasteiger partial charge in [-0.25, -0.2) is 0 Å². The Labute approximate surface area is 128 Å². The summed E-state index contributed by atoms with van der Waals surface area (Å²) in [6, 6.07) is 4.95. The summed E-state index contributed by atoms with van der Waals surface area (Å²) in [5.41, 5.74) is 0.750. The molecule has 1 aromatic rings. The molecule has 0 saturated carbocycles. The molecule has 0 bridgehead atoms. The number of esters is 1. The molecule has 21 heavy (non-hydrogen) atoms. The minimum atomic E-state index is -1.46. The summed E-state index contributed by atoms with van der Waals surface area (Å²) in [5, 5.41) is 0.551. The predicted octanol–water partition coefficient (Wildman–Crippen LogP) is 2.36. The molecule has 2 atom stereocenters. The van der Waals surface area contributed by atoms with Crippen molar-refractivity contribution in [1.82, 2.24) is 0 Å². The van der Waals surface area contributed by atoms with Crippen LogP contribution < -0.4 is 4.74 Å². The number of benzene rings is 1. The second-order valence-electron chi connectivity index (χ2n) is 4.64. The van der Waals surface area contributed by atoms with Gasteiger partial charge in [0.2, 0.25) is 0 Å². The Balaban J connectivity index is 2.91. The number of halogens is 1. The summed E-state index contributed by atoms with van der Waals surface area (Å²) in [4.78, 5) is 35.2. The van der Waals surface area contributed by atoms with Gasteiger partial charge < -0.3 is 9.47 Å². The Bertz CT molecular complexity index is 567. The number of aryl methyl sites for hydroxylation is 1. The standard InChI is InChI=1S/C15H17ClO5/c1-8-7-11(16)5-6-12(8)21-10(3)14(18)13(9(2)17)15(19)20-4/h5-7,10,13H,1-4H3. The van der Waals surface area contributed by atoms with Crippen molar-refractivity contribution in [2.75, 3.05) is 7.11 Å². The number of methoxy groups -OCH3 is 1. The first-order valence-corrected chi connectivity index (χ1v) is 6.70. The van der Waals surface area contributed by atoms with Crippen molar-refractivity contribution in [2.24, 2.45) is 5.92 Å². The zero-order chi connectivity index (χ0) is 16.2. The van der Waals surface area contributed by atoms with Gasteiger partial charge in [0.15, 0.2) is 23.6 Å². The van der Waals surface area contributed by atoms with Crippen LogP contribution >= 0.6 is 11.6 Å². The molecule has 0 amide bonds. The third-order valence-electron chi connectivity index (χ3n) is 2.97. The Hall–Kier alpha value is -1.88. The van der Waals surface area contributed by atoms with Crippen LogP contribution in [0.25, 0.3) is 0 Å². The van der Waals surface area contributed by atoms with Gasteiger partial charge in [0.05, 0.1) is 7.11 Å². The minimum Gasteiger partial charge on any atom is -0.483 e. The number of ketones is 2. The van der Waals surface area contributed by atoms with E-state index in [1.165, 1.54) is 13.8 Å². The number of carbonyl (C=O) groups excluding carboxylic acids is 3. The fourth-order valence-electron chi connectivity index (χ4n) is 1.83. The van der Waals surface area contributed by atoms with Crippen molar-refractivity contribution in [3.05, 3.63) is 28.8 Å². The Morgan fingerprint density at radius 3 is 2.33 bits per heavy atom. The van der Waals surface area contributed by atoms with Crippen LogP contribution in [-0.2, 0) is 19.1 Å². The number of carbonyl (C=O) groups is 3. The fourth-order valence-corrected chi connectivity index (χ4v) is 2.06. The number of hydrogen-bond donors (Lipinski definition) is 0. The zero-order valence-corrected chi connectivity index (χ0v) is 13.1. The van der Waals surface area contributed by atoms with Gasteiger partial charge in [0.1, 0.15) is 5.75 Å².